The van der Waals surface area contributed by atoms with Crippen molar-refractivity contribution in [3.05, 3.63) is 12.2 Å². The Morgan fingerprint density at radius 2 is 2.00 bits per heavy atom. The average Bonchev–Trinajstić information content (AvgIpc) is 3.19. The van der Waals surface area contributed by atoms with Crippen LogP contribution in [0.4, 0.5) is 0 Å². The SMILES string of the molecule is CC1(C)C2CCC1(C)C(O)(OCOC(=O)C13C=CC(CC1)C3)C2. The van der Waals surface area contributed by atoms with Gasteiger partial charge in [-0.15, -0.1) is 0 Å². The number of hydrogen-bond donors (Lipinski definition) is 1. The zero-order valence-electron chi connectivity index (χ0n) is 14.4. The summed E-state index contributed by atoms with van der Waals surface area (Å²) in [7, 11) is 0. The van der Waals surface area contributed by atoms with Crippen molar-refractivity contribution in [1.82, 2.24) is 0 Å². The minimum absolute atomic E-state index is 0.0529. The molecule has 4 bridgehead atoms. The largest absolute Gasteiger partial charge is 0.438 e. The third kappa shape index (κ3) is 1.88. The Morgan fingerprint density at radius 1 is 1.22 bits per heavy atom. The van der Waals surface area contributed by atoms with Crippen molar-refractivity contribution in [2.45, 2.75) is 65.1 Å². The summed E-state index contributed by atoms with van der Waals surface area (Å²) in [6.07, 6.45) is 9.73. The van der Waals surface area contributed by atoms with Crippen LogP contribution < -0.4 is 0 Å². The van der Waals surface area contributed by atoms with Crippen molar-refractivity contribution in [3.8, 4) is 0 Å². The number of hydrogen-bond acceptors (Lipinski definition) is 4. The van der Waals surface area contributed by atoms with Crippen molar-refractivity contribution >= 4 is 5.97 Å². The molecule has 3 fully saturated rings. The lowest BCUT2D eigenvalue weighted by molar-refractivity contribution is -0.299. The van der Waals surface area contributed by atoms with E-state index in [2.05, 4.69) is 26.8 Å². The van der Waals surface area contributed by atoms with Crippen LogP contribution in [0.15, 0.2) is 12.2 Å². The fourth-order valence-corrected chi connectivity index (χ4v) is 5.76. The van der Waals surface area contributed by atoms with E-state index in [1.807, 2.05) is 6.08 Å². The zero-order valence-corrected chi connectivity index (χ0v) is 14.4. The van der Waals surface area contributed by atoms with E-state index in [0.29, 0.717) is 18.3 Å². The van der Waals surface area contributed by atoms with E-state index in [4.69, 9.17) is 9.47 Å². The van der Waals surface area contributed by atoms with Crippen LogP contribution in [0.2, 0.25) is 0 Å². The molecular formula is C19H28O4. The summed E-state index contributed by atoms with van der Waals surface area (Å²) in [5, 5.41) is 11.1. The first-order chi connectivity index (χ1) is 10.7. The van der Waals surface area contributed by atoms with E-state index in [0.717, 1.165) is 32.1 Å². The number of carbonyl (C=O) groups is 1. The van der Waals surface area contributed by atoms with Gasteiger partial charge in [-0.25, -0.2) is 0 Å². The van der Waals surface area contributed by atoms with Crippen molar-refractivity contribution in [1.29, 1.82) is 0 Å². The molecule has 4 nitrogen and oxygen atoms in total. The highest BCUT2D eigenvalue weighted by molar-refractivity contribution is 5.80. The fourth-order valence-electron chi connectivity index (χ4n) is 5.76. The molecule has 0 radical (unpaired) electrons. The van der Waals surface area contributed by atoms with Crippen LogP contribution in [-0.2, 0) is 14.3 Å². The molecular weight excluding hydrogens is 292 g/mol. The molecule has 0 aromatic heterocycles. The van der Waals surface area contributed by atoms with Gasteiger partial charge in [0.25, 0.3) is 0 Å². The van der Waals surface area contributed by atoms with Gasteiger partial charge in [-0.3, -0.25) is 4.79 Å². The van der Waals surface area contributed by atoms with Gasteiger partial charge in [0, 0.05) is 11.8 Å². The van der Waals surface area contributed by atoms with Gasteiger partial charge in [-0.05, 0) is 49.4 Å². The molecule has 0 amide bonds. The number of allylic oxidation sites excluding steroid dienone is 1. The molecule has 5 atom stereocenters. The highest BCUT2D eigenvalue weighted by Gasteiger charge is 2.69. The van der Waals surface area contributed by atoms with Crippen LogP contribution in [0.3, 0.4) is 0 Å². The number of rotatable bonds is 4. The molecule has 0 saturated heterocycles. The van der Waals surface area contributed by atoms with Gasteiger partial charge in [0.2, 0.25) is 0 Å². The molecule has 0 aromatic carbocycles. The minimum atomic E-state index is -1.18. The third-order valence-corrected chi connectivity index (χ3v) is 7.99. The Labute approximate surface area is 138 Å². The molecule has 1 N–H and O–H groups in total. The summed E-state index contributed by atoms with van der Waals surface area (Å²) in [5.74, 6) is -0.357. The monoisotopic (exact) mass is 320 g/mol. The summed E-state index contributed by atoms with van der Waals surface area (Å²) in [5.41, 5.74) is -0.646. The predicted octanol–water partition coefficient (Wildman–Crippen LogP) is 3.39. The molecule has 23 heavy (non-hydrogen) atoms. The first-order valence-electron chi connectivity index (χ1n) is 8.95. The molecule has 4 rings (SSSR count). The standard InChI is InChI=1S/C19H28O4/c1-16(2)14-6-7-17(16,3)19(21,11-14)23-12-22-15(20)18-8-4-13(10-18)5-9-18/h4,8,13-14,21H,5-7,9-12H2,1-3H3. The number of fused-ring (bicyclic) bond motifs is 4. The molecule has 5 unspecified atom stereocenters. The second-order valence-corrected chi connectivity index (χ2v) is 8.99. The number of aliphatic hydroxyl groups is 1. The normalized spacial score (nSPS) is 49.0. The predicted molar refractivity (Wildman–Crippen MR) is 85.1 cm³/mol. The Hall–Kier alpha value is -0.870. The van der Waals surface area contributed by atoms with Crippen LogP contribution in [-0.4, -0.2) is 23.7 Å². The fraction of sp³-hybridized carbons (Fsp3) is 0.842. The summed E-state index contributed by atoms with van der Waals surface area (Å²) in [4.78, 5) is 12.4. The molecule has 3 saturated carbocycles. The summed E-state index contributed by atoms with van der Waals surface area (Å²) in [6.45, 7) is 6.41. The van der Waals surface area contributed by atoms with Crippen molar-refractivity contribution in [2.75, 3.05) is 6.79 Å². The van der Waals surface area contributed by atoms with Gasteiger partial charge < -0.3 is 14.6 Å². The molecule has 0 aliphatic heterocycles. The van der Waals surface area contributed by atoms with Gasteiger partial charge in [0.05, 0.1) is 5.41 Å². The second-order valence-electron chi connectivity index (χ2n) is 8.99. The lowest BCUT2D eigenvalue weighted by Gasteiger charge is -2.44. The van der Waals surface area contributed by atoms with E-state index in [-0.39, 0.29) is 23.6 Å². The maximum atomic E-state index is 12.4. The third-order valence-electron chi connectivity index (χ3n) is 7.99. The number of carbonyl (C=O) groups excluding carboxylic acids is 1. The molecule has 4 aliphatic carbocycles. The van der Waals surface area contributed by atoms with Gasteiger partial charge in [0.15, 0.2) is 12.6 Å². The smallest absolute Gasteiger partial charge is 0.318 e. The highest BCUT2D eigenvalue weighted by Crippen LogP contribution is 2.69. The van der Waals surface area contributed by atoms with Gasteiger partial charge in [-0.1, -0.05) is 32.9 Å². The van der Waals surface area contributed by atoms with Crippen LogP contribution in [0.5, 0.6) is 0 Å². The van der Waals surface area contributed by atoms with E-state index >= 15 is 0 Å². The van der Waals surface area contributed by atoms with Crippen LogP contribution >= 0.6 is 0 Å². The Balaban J connectivity index is 1.39. The Kier molecular flexibility index (Phi) is 3.13. The van der Waals surface area contributed by atoms with E-state index < -0.39 is 11.2 Å². The van der Waals surface area contributed by atoms with Crippen molar-refractivity contribution in [3.63, 3.8) is 0 Å². The average molecular weight is 320 g/mol. The lowest BCUT2D eigenvalue weighted by atomic mass is 9.68. The molecule has 0 heterocycles. The number of esters is 1. The zero-order chi connectivity index (χ0) is 16.5. The van der Waals surface area contributed by atoms with Gasteiger partial charge >= 0.3 is 5.97 Å². The number of ether oxygens (including phenoxy) is 2. The summed E-state index contributed by atoms with van der Waals surface area (Å²) >= 11 is 0. The maximum absolute atomic E-state index is 12.4. The second kappa shape index (κ2) is 4.60. The quantitative estimate of drug-likeness (QED) is 0.490. The van der Waals surface area contributed by atoms with Crippen LogP contribution in [0.25, 0.3) is 0 Å². The summed E-state index contributed by atoms with van der Waals surface area (Å²) in [6, 6.07) is 0. The van der Waals surface area contributed by atoms with Gasteiger partial charge in [-0.2, -0.15) is 0 Å². The first kappa shape index (κ1) is 15.6. The van der Waals surface area contributed by atoms with Crippen molar-refractivity contribution < 1.29 is 19.4 Å². The molecule has 0 aromatic rings. The highest BCUT2D eigenvalue weighted by atomic mass is 16.7. The minimum Gasteiger partial charge on any atom is -0.438 e. The molecule has 4 heteroatoms. The summed E-state index contributed by atoms with van der Waals surface area (Å²) < 4.78 is 11.2. The van der Waals surface area contributed by atoms with Crippen LogP contribution in [0, 0.1) is 28.1 Å². The Bertz CT molecular complexity index is 568. The Morgan fingerprint density at radius 3 is 2.48 bits per heavy atom. The lowest BCUT2D eigenvalue weighted by Crippen LogP contribution is -2.49. The maximum Gasteiger partial charge on any atom is 0.318 e. The molecule has 128 valence electrons. The first-order valence-corrected chi connectivity index (χ1v) is 8.95. The van der Waals surface area contributed by atoms with Gasteiger partial charge in [0.1, 0.15) is 0 Å². The molecule has 4 aliphatic rings. The van der Waals surface area contributed by atoms with Crippen LogP contribution in [0.1, 0.15) is 59.3 Å². The van der Waals surface area contributed by atoms with E-state index in [1.54, 1.807) is 0 Å². The van der Waals surface area contributed by atoms with E-state index in [1.165, 1.54) is 0 Å². The molecule has 0 spiro atoms. The van der Waals surface area contributed by atoms with E-state index in [9.17, 15) is 9.90 Å². The topological polar surface area (TPSA) is 55.8 Å². The van der Waals surface area contributed by atoms with Crippen molar-refractivity contribution in [2.24, 2.45) is 28.1 Å².